The summed E-state index contributed by atoms with van der Waals surface area (Å²) in [5.41, 5.74) is 4.91. The molecule has 84 valence electrons. The van der Waals surface area contributed by atoms with Crippen molar-refractivity contribution < 1.29 is 9.18 Å². The second-order valence-electron chi connectivity index (χ2n) is 4.32. The Morgan fingerprint density at radius 2 is 2.07 bits per heavy atom. The molecule has 0 saturated carbocycles. The first-order valence-electron chi connectivity index (χ1n) is 5.06. The van der Waals surface area contributed by atoms with E-state index in [-0.39, 0.29) is 12.5 Å². The molecule has 1 heterocycles. The largest absolute Gasteiger partial charge is 0.369 e. The number of alkyl halides is 1. The Balaban J connectivity index is 0.000000364. The molecule has 0 spiro atoms. The molecule has 0 aliphatic carbocycles. The Morgan fingerprint density at radius 1 is 1.57 bits per heavy atom. The van der Waals surface area contributed by atoms with Crippen LogP contribution in [0, 0.1) is 5.92 Å². The highest BCUT2D eigenvalue weighted by molar-refractivity contribution is 5.75. The van der Waals surface area contributed by atoms with Gasteiger partial charge in [0.15, 0.2) is 0 Å². The van der Waals surface area contributed by atoms with Crippen molar-refractivity contribution in [1.82, 2.24) is 4.90 Å². The highest BCUT2D eigenvalue weighted by Gasteiger charge is 2.22. The minimum absolute atomic E-state index is 0.195. The monoisotopic (exact) mass is 204 g/mol. The van der Waals surface area contributed by atoms with E-state index in [0.717, 1.165) is 5.92 Å². The van der Waals surface area contributed by atoms with Crippen molar-refractivity contribution in [2.24, 2.45) is 11.7 Å². The molecule has 2 N–H and O–H groups in total. The number of amides is 1. The number of rotatable bonds is 2. The fraction of sp³-hybridized carbons (Fsp3) is 0.900. The van der Waals surface area contributed by atoms with Gasteiger partial charge in [0.25, 0.3) is 0 Å². The Labute approximate surface area is 85.5 Å². The van der Waals surface area contributed by atoms with Crippen LogP contribution in [0.25, 0.3) is 0 Å². The summed E-state index contributed by atoms with van der Waals surface area (Å²) in [6, 6.07) is 0. The minimum atomic E-state index is -0.764. The maximum absolute atomic E-state index is 12.4. The third-order valence-electron chi connectivity index (χ3n) is 1.59. The first-order valence-corrected chi connectivity index (χ1v) is 5.06. The summed E-state index contributed by atoms with van der Waals surface area (Å²) in [4.78, 5) is 12.0. The number of carbonyl (C=O) groups excluding carboxylic acids is 1. The van der Waals surface area contributed by atoms with Crippen molar-refractivity contribution >= 4 is 5.91 Å². The van der Waals surface area contributed by atoms with Gasteiger partial charge in [-0.3, -0.25) is 9.69 Å². The van der Waals surface area contributed by atoms with E-state index in [2.05, 4.69) is 20.8 Å². The smallest absolute Gasteiger partial charge is 0.231 e. The molecule has 3 nitrogen and oxygen atoms in total. The fourth-order valence-electron chi connectivity index (χ4n) is 1.15. The predicted molar refractivity (Wildman–Crippen MR) is 55.7 cm³/mol. The average molecular weight is 204 g/mol. The van der Waals surface area contributed by atoms with Gasteiger partial charge in [0, 0.05) is 13.1 Å². The normalized spacial score (nSPS) is 21.9. The molecule has 0 aromatic rings. The predicted octanol–water partition coefficient (Wildman–Crippen LogP) is 1.18. The second-order valence-corrected chi connectivity index (χ2v) is 4.32. The SMILES string of the molecule is CC(C)C.NC(=O)CN1CC[C@H](F)C1. The van der Waals surface area contributed by atoms with E-state index in [1.807, 2.05) is 0 Å². The molecule has 1 atom stereocenters. The molecule has 1 aliphatic rings. The minimum Gasteiger partial charge on any atom is -0.369 e. The van der Waals surface area contributed by atoms with E-state index in [1.54, 1.807) is 4.90 Å². The third kappa shape index (κ3) is 7.98. The summed E-state index contributed by atoms with van der Waals surface area (Å²) in [5, 5.41) is 0. The van der Waals surface area contributed by atoms with E-state index >= 15 is 0 Å². The van der Waals surface area contributed by atoms with Crippen LogP contribution in [0.1, 0.15) is 27.2 Å². The average Bonchev–Trinajstić information content (AvgIpc) is 2.32. The summed E-state index contributed by atoms with van der Waals surface area (Å²) in [6.07, 6.45) is -0.229. The van der Waals surface area contributed by atoms with Gasteiger partial charge in [-0.1, -0.05) is 20.8 Å². The summed E-state index contributed by atoms with van der Waals surface area (Å²) in [5.74, 6) is 0.453. The fourth-order valence-corrected chi connectivity index (χ4v) is 1.15. The van der Waals surface area contributed by atoms with Crippen LogP contribution in [-0.4, -0.2) is 36.6 Å². The van der Waals surface area contributed by atoms with Crippen LogP contribution >= 0.6 is 0 Å². The molecule has 0 bridgehead atoms. The van der Waals surface area contributed by atoms with Crippen LogP contribution in [-0.2, 0) is 4.79 Å². The number of halogens is 1. The lowest BCUT2D eigenvalue weighted by molar-refractivity contribution is -0.118. The quantitative estimate of drug-likeness (QED) is 0.734. The zero-order chi connectivity index (χ0) is 11.1. The molecular weight excluding hydrogens is 183 g/mol. The van der Waals surface area contributed by atoms with Crippen LogP contribution < -0.4 is 5.73 Å². The van der Waals surface area contributed by atoms with Crippen molar-refractivity contribution in [2.45, 2.75) is 33.4 Å². The number of likely N-dealkylation sites (tertiary alicyclic amines) is 1. The van der Waals surface area contributed by atoms with Crippen molar-refractivity contribution in [3.63, 3.8) is 0 Å². The molecule has 0 unspecified atom stereocenters. The van der Waals surface area contributed by atoms with Crippen molar-refractivity contribution in [2.75, 3.05) is 19.6 Å². The van der Waals surface area contributed by atoms with Gasteiger partial charge in [0.2, 0.25) is 5.91 Å². The first kappa shape index (κ1) is 13.4. The zero-order valence-electron chi connectivity index (χ0n) is 9.29. The number of hydrogen-bond donors (Lipinski definition) is 1. The Morgan fingerprint density at radius 3 is 2.36 bits per heavy atom. The third-order valence-corrected chi connectivity index (χ3v) is 1.59. The van der Waals surface area contributed by atoms with Gasteiger partial charge >= 0.3 is 0 Å². The van der Waals surface area contributed by atoms with Crippen LogP contribution in [0.5, 0.6) is 0 Å². The summed E-state index contributed by atoms with van der Waals surface area (Å²) in [6.45, 7) is 7.72. The molecule has 1 saturated heterocycles. The lowest BCUT2D eigenvalue weighted by Gasteiger charge is -2.10. The number of nitrogens with zero attached hydrogens (tertiary/aromatic N) is 1. The highest BCUT2D eigenvalue weighted by atomic mass is 19.1. The molecule has 4 heteroatoms. The second kappa shape index (κ2) is 6.76. The van der Waals surface area contributed by atoms with Gasteiger partial charge in [0.1, 0.15) is 6.17 Å². The molecule has 14 heavy (non-hydrogen) atoms. The first-order chi connectivity index (χ1) is 6.41. The lowest BCUT2D eigenvalue weighted by Crippen LogP contribution is -2.32. The van der Waals surface area contributed by atoms with E-state index in [9.17, 15) is 9.18 Å². The van der Waals surface area contributed by atoms with Gasteiger partial charge in [0.05, 0.1) is 6.54 Å². The number of carbonyl (C=O) groups is 1. The van der Waals surface area contributed by atoms with Gasteiger partial charge in [-0.2, -0.15) is 0 Å². The maximum Gasteiger partial charge on any atom is 0.231 e. The molecule has 1 rings (SSSR count). The van der Waals surface area contributed by atoms with Gasteiger partial charge in [-0.05, 0) is 12.3 Å². The summed E-state index contributed by atoms with van der Waals surface area (Å²) in [7, 11) is 0. The van der Waals surface area contributed by atoms with E-state index in [4.69, 9.17) is 5.73 Å². The van der Waals surface area contributed by atoms with Gasteiger partial charge in [-0.15, -0.1) is 0 Å². The van der Waals surface area contributed by atoms with Crippen LogP contribution in [0.3, 0.4) is 0 Å². The van der Waals surface area contributed by atoms with Crippen molar-refractivity contribution in [3.8, 4) is 0 Å². The topological polar surface area (TPSA) is 46.3 Å². The molecule has 1 aliphatic heterocycles. The van der Waals surface area contributed by atoms with E-state index in [1.165, 1.54) is 0 Å². The number of hydrogen-bond acceptors (Lipinski definition) is 2. The summed E-state index contributed by atoms with van der Waals surface area (Å²) < 4.78 is 12.4. The van der Waals surface area contributed by atoms with Crippen molar-refractivity contribution in [3.05, 3.63) is 0 Å². The van der Waals surface area contributed by atoms with E-state index in [0.29, 0.717) is 19.5 Å². The maximum atomic E-state index is 12.4. The van der Waals surface area contributed by atoms with Crippen LogP contribution in [0.4, 0.5) is 4.39 Å². The molecule has 0 aromatic heterocycles. The standard InChI is InChI=1S/C6H11FN2O.C4H10/c7-5-1-2-9(3-5)4-6(8)10;1-4(2)3/h5H,1-4H2,(H2,8,10);4H,1-3H3/t5-;/m0./s1. The lowest BCUT2D eigenvalue weighted by atomic mass is 10.3. The van der Waals surface area contributed by atoms with Gasteiger partial charge < -0.3 is 5.73 Å². The Hall–Kier alpha value is -0.640. The van der Waals surface area contributed by atoms with Gasteiger partial charge in [-0.25, -0.2) is 4.39 Å². The van der Waals surface area contributed by atoms with Crippen LogP contribution in [0.15, 0.2) is 0 Å². The number of nitrogens with two attached hydrogens (primary N) is 1. The Bertz CT molecular complexity index is 171. The van der Waals surface area contributed by atoms with E-state index < -0.39 is 6.17 Å². The molecule has 0 radical (unpaired) electrons. The Kier molecular flexibility index (Phi) is 6.45. The molecule has 1 amide bonds. The van der Waals surface area contributed by atoms with Crippen molar-refractivity contribution in [1.29, 1.82) is 0 Å². The molecule has 0 aromatic carbocycles. The van der Waals surface area contributed by atoms with Crippen LogP contribution in [0.2, 0.25) is 0 Å². The molecular formula is C10H21FN2O. The molecule has 1 fully saturated rings. The zero-order valence-corrected chi connectivity index (χ0v) is 9.29. The highest BCUT2D eigenvalue weighted by Crippen LogP contribution is 2.10. The number of primary amides is 1. The summed E-state index contributed by atoms with van der Waals surface area (Å²) >= 11 is 0.